The molecule has 29 heavy (non-hydrogen) atoms. The lowest BCUT2D eigenvalue weighted by atomic mass is 10.2. The molecule has 0 aromatic heterocycles. The number of nitrogens with one attached hydrogen (secondary N) is 2. The van der Waals surface area contributed by atoms with Crippen molar-refractivity contribution in [2.24, 2.45) is 4.99 Å². The third-order valence-corrected chi connectivity index (χ3v) is 5.17. The molecule has 1 aliphatic rings. The van der Waals surface area contributed by atoms with Crippen molar-refractivity contribution in [2.75, 3.05) is 20.7 Å². The van der Waals surface area contributed by atoms with E-state index in [0.717, 1.165) is 31.0 Å². The molecule has 1 heterocycles. The number of rotatable bonds is 6. The number of aliphatic imine (C=N–C) groups is 1. The quantitative estimate of drug-likeness (QED) is 0.352. The molecule has 1 saturated heterocycles. The summed E-state index contributed by atoms with van der Waals surface area (Å²) in [7, 11) is 3.22. The van der Waals surface area contributed by atoms with E-state index in [0.29, 0.717) is 18.6 Å². The lowest BCUT2D eigenvalue weighted by molar-refractivity contribution is 0.258. The maximum Gasteiger partial charge on any atom is 0.191 e. The zero-order valence-electron chi connectivity index (χ0n) is 17.2. The first-order chi connectivity index (χ1) is 13.6. The van der Waals surface area contributed by atoms with Gasteiger partial charge in [0.1, 0.15) is 0 Å². The Morgan fingerprint density at radius 2 is 1.97 bits per heavy atom. The Hall–Kier alpha value is -1.87. The summed E-state index contributed by atoms with van der Waals surface area (Å²) in [5, 5.41) is 6.77. The van der Waals surface area contributed by atoms with Gasteiger partial charge < -0.3 is 15.4 Å². The zero-order chi connectivity index (χ0) is 19.9. The minimum atomic E-state index is -0.356. The highest BCUT2D eigenvalue weighted by Crippen LogP contribution is 2.20. The van der Waals surface area contributed by atoms with Crippen LogP contribution in [0.2, 0.25) is 0 Å². The minimum Gasteiger partial charge on any atom is -0.494 e. The smallest absolute Gasteiger partial charge is 0.191 e. The van der Waals surface area contributed by atoms with Gasteiger partial charge in [0.15, 0.2) is 17.5 Å². The van der Waals surface area contributed by atoms with Gasteiger partial charge >= 0.3 is 0 Å². The van der Waals surface area contributed by atoms with Gasteiger partial charge in [-0.2, -0.15) is 0 Å². The topological polar surface area (TPSA) is 48.9 Å². The van der Waals surface area contributed by atoms with Gasteiger partial charge in [-0.25, -0.2) is 4.39 Å². The van der Waals surface area contributed by atoms with Gasteiger partial charge in [0.05, 0.1) is 7.11 Å². The van der Waals surface area contributed by atoms with Crippen molar-refractivity contribution >= 4 is 29.9 Å². The van der Waals surface area contributed by atoms with Crippen LogP contribution in [0, 0.1) is 5.82 Å². The van der Waals surface area contributed by atoms with Crippen molar-refractivity contribution in [1.82, 2.24) is 15.5 Å². The summed E-state index contributed by atoms with van der Waals surface area (Å²) in [5.41, 5.74) is 2.17. The van der Waals surface area contributed by atoms with Gasteiger partial charge in [-0.1, -0.05) is 36.4 Å². The third kappa shape index (κ3) is 6.57. The fourth-order valence-corrected chi connectivity index (χ4v) is 3.63. The van der Waals surface area contributed by atoms with Gasteiger partial charge in [-0.05, 0) is 36.6 Å². The summed E-state index contributed by atoms with van der Waals surface area (Å²) in [6, 6.07) is 16.4. The maximum absolute atomic E-state index is 13.8. The van der Waals surface area contributed by atoms with Crippen LogP contribution >= 0.6 is 24.0 Å². The Morgan fingerprint density at radius 3 is 2.62 bits per heavy atom. The van der Waals surface area contributed by atoms with Crippen LogP contribution < -0.4 is 15.4 Å². The van der Waals surface area contributed by atoms with Crippen molar-refractivity contribution in [3.8, 4) is 5.75 Å². The summed E-state index contributed by atoms with van der Waals surface area (Å²) in [6.07, 6.45) is 1.06. The van der Waals surface area contributed by atoms with Crippen molar-refractivity contribution < 1.29 is 9.13 Å². The lowest BCUT2D eigenvalue weighted by Gasteiger charge is -2.21. The van der Waals surface area contributed by atoms with E-state index < -0.39 is 0 Å². The van der Waals surface area contributed by atoms with Crippen LogP contribution in [0.25, 0.3) is 0 Å². The zero-order valence-corrected chi connectivity index (χ0v) is 19.5. The molecule has 1 aliphatic heterocycles. The third-order valence-electron chi connectivity index (χ3n) is 5.17. The van der Waals surface area contributed by atoms with Crippen LogP contribution in [0.3, 0.4) is 0 Å². The predicted octanol–water partition coefficient (Wildman–Crippen LogP) is 3.78. The van der Waals surface area contributed by atoms with E-state index in [9.17, 15) is 4.39 Å². The fraction of sp³-hybridized carbons (Fsp3) is 0.409. The molecular weight excluding hydrogens is 482 g/mol. The number of likely N-dealkylation sites (tertiary alicyclic amines) is 1. The molecule has 1 fully saturated rings. The van der Waals surface area contributed by atoms with Crippen molar-refractivity contribution in [2.45, 2.75) is 38.5 Å². The number of guanidine groups is 1. The monoisotopic (exact) mass is 512 g/mol. The van der Waals surface area contributed by atoms with Gasteiger partial charge in [0.2, 0.25) is 0 Å². The first-order valence-corrected chi connectivity index (χ1v) is 9.66. The first-order valence-electron chi connectivity index (χ1n) is 9.66. The second-order valence-electron chi connectivity index (χ2n) is 7.24. The normalized spacial score (nSPS) is 19.5. The van der Waals surface area contributed by atoms with E-state index in [2.05, 4.69) is 51.7 Å². The number of ether oxygens (including phenoxy) is 1. The molecule has 3 rings (SSSR count). The standard InChI is InChI=1S/C22H29FN4O.HI/c1-16-11-19(15-27(16)14-17-7-5-4-6-8-17)26-22(24-2)25-13-18-9-10-21(28-3)20(23)12-18;/h4-10,12,16,19H,11,13-15H2,1-3H3,(H2,24,25,26);1H. The predicted molar refractivity (Wildman–Crippen MR) is 126 cm³/mol. The van der Waals surface area contributed by atoms with Gasteiger partial charge in [-0.15, -0.1) is 24.0 Å². The molecule has 2 aromatic carbocycles. The summed E-state index contributed by atoms with van der Waals surface area (Å²) in [6.45, 7) is 4.68. The van der Waals surface area contributed by atoms with Gasteiger partial charge in [0, 0.05) is 38.8 Å². The molecule has 158 valence electrons. The van der Waals surface area contributed by atoms with Crippen LogP contribution in [0.1, 0.15) is 24.5 Å². The molecule has 0 aliphatic carbocycles. The fourth-order valence-electron chi connectivity index (χ4n) is 3.63. The molecule has 0 spiro atoms. The Balaban J connectivity index is 0.00000300. The number of benzene rings is 2. The summed E-state index contributed by atoms with van der Waals surface area (Å²) in [4.78, 5) is 6.80. The maximum atomic E-state index is 13.8. The van der Waals surface area contributed by atoms with Crippen molar-refractivity contribution in [1.29, 1.82) is 0 Å². The highest BCUT2D eigenvalue weighted by molar-refractivity contribution is 14.0. The van der Waals surface area contributed by atoms with Crippen LogP contribution in [0.5, 0.6) is 5.75 Å². The van der Waals surface area contributed by atoms with E-state index in [1.165, 1.54) is 18.7 Å². The van der Waals surface area contributed by atoms with Crippen LogP contribution in [0.4, 0.5) is 4.39 Å². The summed E-state index contributed by atoms with van der Waals surface area (Å²) in [5.74, 6) is 0.630. The Bertz CT molecular complexity index is 803. The molecule has 0 radical (unpaired) electrons. The average molecular weight is 512 g/mol. The SMILES string of the molecule is CN=C(NCc1ccc(OC)c(F)c1)NC1CC(C)N(Cc2ccccc2)C1.I. The molecule has 2 N–H and O–H groups in total. The Labute approximate surface area is 189 Å². The van der Waals surface area contributed by atoms with Gasteiger partial charge in [0.25, 0.3) is 0 Å². The molecule has 2 aromatic rings. The molecule has 2 atom stereocenters. The molecule has 0 saturated carbocycles. The van der Waals surface area contributed by atoms with Crippen molar-refractivity contribution in [3.05, 3.63) is 65.5 Å². The van der Waals surface area contributed by atoms with E-state index in [1.54, 1.807) is 13.1 Å². The minimum absolute atomic E-state index is 0. The summed E-state index contributed by atoms with van der Waals surface area (Å²) < 4.78 is 18.8. The number of hydrogen-bond donors (Lipinski definition) is 2. The Morgan fingerprint density at radius 1 is 1.21 bits per heavy atom. The van der Waals surface area contributed by atoms with E-state index >= 15 is 0 Å². The van der Waals surface area contributed by atoms with Crippen LogP contribution in [0.15, 0.2) is 53.5 Å². The molecule has 0 amide bonds. The first kappa shape index (κ1) is 23.4. The highest BCUT2D eigenvalue weighted by atomic mass is 127. The lowest BCUT2D eigenvalue weighted by Crippen LogP contribution is -2.44. The summed E-state index contributed by atoms with van der Waals surface area (Å²) >= 11 is 0. The molecule has 2 unspecified atom stereocenters. The van der Waals surface area contributed by atoms with Crippen LogP contribution in [-0.4, -0.2) is 43.6 Å². The van der Waals surface area contributed by atoms with E-state index in [1.807, 2.05) is 12.1 Å². The average Bonchev–Trinajstić information content (AvgIpc) is 3.04. The van der Waals surface area contributed by atoms with Crippen LogP contribution in [-0.2, 0) is 13.1 Å². The van der Waals surface area contributed by atoms with E-state index in [4.69, 9.17) is 4.74 Å². The molecule has 5 nitrogen and oxygen atoms in total. The second kappa shape index (κ2) is 11.3. The Kier molecular flexibility index (Phi) is 9.16. The van der Waals surface area contributed by atoms with Gasteiger partial charge in [-0.3, -0.25) is 9.89 Å². The molecule has 0 bridgehead atoms. The van der Waals surface area contributed by atoms with Crippen molar-refractivity contribution in [3.63, 3.8) is 0 Å². The number of halogens is 2. The number of nitrogens with zero attached hydrogens (tertiary/aromatic N) is 2. The highest BCUT2D eigenvalue weighted by Gasteiger charge is 2.29. The molecule has 7 heteroatoms. The largest absolute Gasteiger partial charge is 0.494 e. The second-order valence-corrected chi connectivity index (χ2v) is 7.24. The number of methoxy groups -OCH3 is 1. The number of hydrogen-bond acceptors (Lipinski definition) is 3. The van der Waals surface area contributed by atoms with E-state index in [-0.39, 0.29) is 35.5 Å². The molecular formula is C22H30FIN4O.